The third-order valence-electron chi connectivity index (χ3n) is 2.52. The van der Waals surface area contributed by atoms with Crippen LogP contribution in [-0.2, 0) is 5.41 Å². The maximum atomic E-state index is 13.5. The van der Waals surface area contributed by atoms with E-state index in [4.69, 9.17) is 10.5 Å². The van der Waals surface area contributed by atoms with E-state index in [0.29, 0.717) is 5.82 Å². The Labute approximate surface area is 115 Å². The van der Waals surface area contributed by atoms with Gasteiger partial charge in [0.05, 0.1) is 0 Å². The van der Waals surface area contributed by atoms with Crippen LogP contribution >= 0.6 is 0 Å². The molecule has 2 rings (SSSR count). The molecular weight excluding hydrogens is 264 g/mol. The number of nitrogens with zero attached hydrogens (tertiary/aromatic N) is 2. The van der Waals surface area contributed by atoms with E-state index in [1.54, 1.807) is 0 Å². The Bertz CT molecular complexity index is 639. The molecule has 0 radical (unpaired) electrons. The van der Waals surface area contributed by atoms with Crippen LogP contribution in [0.3, 0.4) is 0 Å². The number of benzene rings is 1. The van der Waals surface area contributed by atoms with Gasteiger partial charge in [0.25, 0.3) is 0 Å². The minimum absolute atomic E-state index is 0.0759. The monoisotopic (exact) mass is 279 g/mol. The lowest BCUT2D eigenvalue weighted by atomic mass is 9.96. The van der Waals surface area contributed by atoms with Crippen LogP contribution in [0.25, 0.3) is 0 Å². The summed E-state index contributed by atoms with van der Waals surface area (Å²) in [7, 11) is 0. The second-order valence-corrected chi connectivity index (χ2v) is 5.36. The van der Waals surface area contributed by atoms with Gasteiger partial charge in [-0.05, 0) is 12.1 Å². The van der Waals surface area contributed by atoms with Crippen LogP contribution < -0.4 is 10.5 Å². The molecule has 2 aromatic rings. The predicted molar refractivity (Wildman–Crippen MR) is 71.6 cm³/mol. The van der Waals surface area contributed by atoms with E-state index in [1.165, 1.54) is 18.2 Å². The van der Waals surface area contributed by atoms with E-state index in [9.17, 15) is 8.78 Å². The average molecular weight is 279 g/mol. The van der Waals surface area contributed by atoms with Crippen LogP contribution in [-0.4, -0.2) is 9.97 Å². The van der Waals surface area contributed by atoms with Crippen LogP contribution in [0.1, 0.15) is 26.6 Å². The molecule has 0 aliphatic rings. The summed E-state index contributed by atoms with van der Waals surface area (Å²) >= 11 is 0. The van der Waals surface area contributed by atoms with E-state index in [0.717, 1.165) is 6.07 Å². The zero-order chi connectivity index (χ0) is 14.9. The van der Waals surface area contributed by atoms with Gasteiger partial charge in [0, 0.05) is 11.5 Å². The van der Waals surface area contributed by atoms with Crippen molar-refractivity contribution in [2.75, 3.05) is 5.73 Å². The van der Waals surface area contributed by atoms with E-state index >= 15 is 0 Å². The summed E-state index contributed by atoms with van der Waals surface area (Å²) in [5.74, 6) is -1.56. The number of nitrogens with two attached hydrogens (primary N) is 1. The van der Waals surface area contributed by atoms with Crippen LogP contribution in [0, 0.1) is 11.6 Å². The fourth-order valence-electron chi connectivity index (χ4n) is 1.51. The average Bonchev–Trinajstić information content (AvgIpc) is 2.33. The van der Waals surface area contributed by atoms with Gasteiger partial charge in [-0.1, -0.05) is 26.8 Å². The summed E-state index contributed by atoms with van der Waals surface area (Å²) in [5, 5.41) is 0. The summed E-state index contributed by atoms with van der Waals surface area (Å²) < 4.78 is 31.9. The summed E-state index contributed by atoms with van der Waals surface area (Å²) in [6, 6.07) is 5.03. The van der Waals surface area contributed by atoms with Crippen molar-refractivity contribution in [3.63, 3.8) is 0 Å². The zero-order valence-electron chi connectivity index (χ0n) is 11.4. The molecule has 1 heterocycles. The second-order valence-electron chi connectivity index (χ2n) is 5.36. The van der Waals surface area contributed by atoms with Gasteiger partial charge in [-0.15, -0.1) is 0 Å². The molecule has 2 N–H and O–H groups in total. The molecule has 0 spiro atoms. The molecule has 106 valence electrons. The quantitative estimate of drug-likeness (QED) is 0.915. The van der Waals surface area contributed by atoms with Gasteiger partial charge in [-0.2, -0.15) is 9.37 Å². The molecule has 0 atom stereocenters. The van der Waals surface area contributed by atoms with Crippen molar-refractivity contribution in [1.29, 1.82) is 0 Å². The Morgan fingerprint density at radius 1 is 1.15 bits per heavy atom. The highest BCUT2D eigenvalue weighted by Crippen LogP contribution is 2.27. The molecule has 1 aromatic carbocycles. The zero-order valence-corrected chi connectivity index (χ0v) is 11.4. The first kappa shape index (κ1) is 14.2. The van der Waals surface area contributed by atoms with E-state index in [2.05, 4.69) is 9.97 Å². The number of halogens is 2. The van der Waals surface area contributed by atoms with Gasteiger partial charge in [0.1, 0.15) is 11.6 Å². The van der Waals surface area contributed by atoms with Gasteiger partial charge >= 0.3 is 0 Å². The van der Waals surface area contributed by atoms with Crippen LogP contribution in [0.2, 0.25) is 0 Å². The Morgan fingerprint density at radius 2 is 1.85 bits per heavy atom. The van der Waals surface area contributed by atoms with Crippen molar-refractivity contribution in [2.24, 2.45) is 0 Å². The lowest BCUT2D eigenvalue weighted by Crippen LogP contribution is -2.17. The molecule has 0 unspecified atom stereocenters. The molecule has 6 heteroatoms. The van der Waals surface area contributed by atoms with Crippen molar-refractivity contribution < 1.29 is 13.5 Å². The first-order chi connectivity index (χ1) is 9.27. The summed E-state index contributed by atoms with van der Waals surface area (Å²) in [6.45, 7) is 5.73. The molecule has 0 saturated heterocycles. The highest BCUT2D eigenvalue weighted by atomic mass is 19.2. The van der Waals surface area contributed by atoms with Crippen molar-refractivity contribution in [3.05, 3.63) is 41.7 Å². The molecule has 4 nitrogen and oxygen atoms in total. The number of nitrogen functional groups attached to an aromatic ring is 1. The standard InChI is InChI=1S/C14H15F2N3O/c1-14(2,3)13-18-10(17)7-11(19-13)20-9-6-4-5-8(15)12(9)16/h4-7H,1-3H3,(H2,17,18,19). The third-order valence-corrected chi connectivity index (χ3v) is 2.52. The lowest BCUT2D eigenvalue weighted by Gasteiger charge is -2.17. The molecule has 20 heavy (non-hydrogen) atoms. The molecule has 0 bridgehead atoms. The Hall–Kier alpha value is -2.24. The number of ether oxygens (including phenoxy) is 1. The fraction of sp³-hybridized carbons (Fsp3) is 0.286. The van der Waals surface area contributed by atoms with Crippen molar-refractivity contribution in [2.45, 2.75) is 26.2 Å². The van der Waals surface area contributed by atoms with Gasteiger partial charge in [0.2, 0.25) is 11.7 Å². The number of anilines is 1. The maximum absolute atomic E-state index is 13.5. The summed E-state index contributed by atoms with van der Waals surface area (Å²) in [5.41, 5.74) is 5.34. The third kappa shape index (κ3) is 3.01. The molecule has 0 aliphatic carbocycles. The molecular formula is C14H15F2N3O. The number of aromatic nitrogens is 2. The molecule has 0 amide bonds. The minimum atomic E-state index is -1.07. The smallest absolute Gasteiger partial charge is 0.224 e. The summed E-state index contributed by atoms with van der Waals surface area (Å²) in [4.78, 5) is 8.27. The van der Waals surface area contributed by atoms with Crippen LogP contribution in [0.4, 0.5) is 14.6 Å². The maximum Gasteiger partial charge on any atom is 0.224 e. The minimum Gasteiger partial charge on any atom is -0.436 e. The van der Waals surface area contributed by atoms with Crippen LogP contribution in [0.5, 0.6) is 11.6 Å². The van der Waals surface area contributed by atoms with Crippen molar-refractivity contribution in [3.8, 4) is 11.6 Å². The van der Waals surface area contributed by atoms with E-state index < -0.39 is 11.6 Å². The molecule has 0 saturated carbocycles. The number of hydrogen-bond donors (Lipinski definition) is 1. The van der Waals surface area contributed by atoms with Gasteiger partial charge in [-0.25, -0.2) is 9.37 Å². The highest BCUT2D eigenvalue weighted by molar-refractivity contribution is 5.37. The van der Waals surface area contributed by atoms with Gasteiger partial charge < -0.3 is 10.5 Å². The lowest BCUT2D eigenvalue weighted by molar-refractivity contribution is 0.399. The Balaban J connectivity index is 2.39. The highest BCUT2D eigenvalue weighted by Gasteiger charge is 2.20. The van der Waals surface area contributed by atoms with Crippen LogP contribution in [0.15, 0.2) is 24.3 Å². The van der Waals surface area contributed by atoms with Crippen molar-refractivity contribution in [1.82, 2.24) is 9.97 Å². The molecule has 0 aliphatic heterocycles. The normalized spacial score (nSPS) is 11.4. The van der Waals surface area contributed by atoms with Gasteiger partial charge in [-0.3, -0.25) is 0 Å². The number of rotatable bonds is 2. The Morgan fingerprint density at radius 3 is 2.50 bits per heavy atom. The largest absolute Gasteiger partial charge is 0.436 e. The van der Waals surface area contributed by atoms with E-state index in [1.807, 2.05) is 20.8 Å². The SMILES string of the molecule is CC(C)(C)c1nc(N)cc(Oc2cccc(F)c2F)n1. The molecule has 0 fully saturated rings. The Kier molecular flexibility index (Phi) is 3.57. The predicted octanol–water partition coefficient (Wildman–Crippen LogP) is 3.43. The first-order valence-electron chi connectivity index (χ1n) is 6.04. The fourth-order valence-corrected chi connectivity index (χ4v) is 1.51. The van der Waals surface area contributed by atoms with E-state index in [-0.39, 0.29) is 22.9 Å². The van der Waals surface area contributed by atoms with Crippen molar-refractivity contribution >= 4 is 5.82 Å². The molecule has 1 aromatic heterocycles. The topological polar surface area (TPSA) is 61.0 Å². The van der Waals surface area contributed by atoms with Gasteiger partial charge in [0.15, 0.2) is 11.6 Å². The second kappa shape index (κ2) is 5.03. The summed E-state index contributed by atoms with van der Waals surface area (Å²) in [6.07, 6.45) is 0. The first-order valence-corrected chi connectivity index (χ1v) is 6.04. The number of hydrogen-bond acceptors (Lipinski definition) is 4.